The predicted octanol–water partition coefficient (Wildman–Crippen LogP) is 3.45. The Morgan fingerprint density at radius 3 is 2.82 bits per heavy atom. The first-order valence-electron chi connectivity index (χ1n) is 9.70. The van der Waals surface area contributed by atoms with Crippen LogP contribution in [-0.2, 0) is 6.42 Å². The summed E-state index contributed by atoms with van der Waals surface area (Å²) in [7, 11) is 3.51. The minimum atomic E-state index is -0.571. The van der Waals surface area contributed by atoms with Gasteiger partial charge < -0.3 is 14.6 Å². The topological polar surface area (TPSA) is 58.4 Å². The smallest absolute Gasteiger partial charge is 0.253 e. The Balaban J connectivity index is 1.53. The maximum atomic E-state index is 12.3. The number of aryl methyl sites for hydroxylation is 1. The fraction of sp³-hybridized carbons (Fsp3) is 0.304. The van der Waals surface area contributed by atoms with Crippen LogP contribution in [0.2, 0.25) is 0 Å². The number of aromatic nitrogens is 2. The molecule has 1 aliphatic heterocycles. The second kappa shape index (κ2) is 6.31. The van der Waals surface area contributed by atoms with Crippen LogP contribution in [0.1, 0.15) is 45.6 Å². The zero-order valence-corrected chi connectivity index (χ0v) is 16.0. The number of nitrogens with zero attached hydrogens (tertiary/aromatic N) is 3. The number of carbonyl (C=O) groups is 1. The Labute approximate surface area is 164 Å². The van der Waals surface area contributed by atoms with Crippen molar-refractivity contribution in [3.63, 3.8) is 0 Å². The maximum Gasteiger partial charge on any atom is 0.253 e. The summed E-state index contributed by atoms with van der Waals surface area (Å²) < 4.78 is 2.20. The van der Waals surface area contributed by atoms with Crippen molar-refractivity contribution in [2.45, 2.75) is 25.0 Å². The van der Waals surface area contributed by atoms with Crippen LogP contribution in [0.25, 0.3) is 11.3 Å². The van der Waals surface area contributed by atoms with Crippen molar-refractivity contribution in [2.75, 3.05) is 14.1 Å². The lowest BCUT2D eigenvalue weighted by molar-refractivity contribution is 0.0717. The SMILES string of the molecule is CN(C)C(=O)c1ccc2c(c1)CC[C@@H](C1c3ccccc3-c3cncn31)[C@H]2O. The van der Waals surface area contributed by atoms with Gasteiger partial charge in [-0.3, -0.25) is 4.79 Å². The first-order chi connectivity index (χ1) is 13.6. The molecule has 5 nitrogen and oxygen atoms in total. The molecule has 1 amide bonds. The van der Waals surface area contributed by atoms with E-state index >= 15 is 0 Å². The molecule has 0 radical (unpaired) electrons. The van der Waals surface area contributed by atoms with Crippen LogP contribution in [0.15, 0.2) is 55.0 Å². The summed E-state index contributed by atoms with van der Waals surface area (Å²) in [6.07, 6.45) is 4.93. The van der Waals surface area contributed by atoms with E-state index in [4.69, 9.17) is 0 Å². The number of rotatable bonds is 2. The van der Waals surface area contributed by atoms with Crippen molar-refractivity contribution in [1.29, 1.82) is 0 Å². The van der Waals surface area contributed by atoms with E-state index in [0.29, 0.717) is 5.56 Å². The van der Waals surface area contributed by atoms with Crippen molar-refractivity contribution >= 4 is 5.91 Å². The van der Waals surface area contributed by atoms with Gasteiger partial charge in [-0.25, -0.2) is 4.98 Å². The first-order valence-corrected chi connectivity index (χ1v) is 9.70. The molecule has 3 aromatic rings. The number of carbonyl (C=O) groups excluding carboxylic acids is 1. The Bertz CT molecular complexity index is 1070. The molecule has 2 aromatic carbocycles. The third-order valence-electron chi connectivity index (χ3n) is 6.19. The van der Waals surface area contributed by atoms with Crippen molar-refractivity contribution < 1.29 is 9.90 Å². The van der Waals surface area contributed by atoms with E-state index in [9.17, 15) is 9.90 Å². The molecule has 2 aliphatic rings. The number of aliphatic hydroxyl groups is 1. The van der Waals surface area contributed by atoms with Gasteiger partial charge in [-0.05, 0) is 41.7 Å². The molecule has 28 heavy (non-hydrogen) atoms. The minimum Gasteiger partial charge on any atom is -0.388 e. The molecule has 0 saturated heterocycles. The summed E-state index contributed by atoms with van der Waals surface area (Å²) in [5, 5.41) is 11.3. The molecule has 0 bridgehead atoms. The van der Waals surface area contributed by atoms with E-state index in [1.54, 1.807) is 19.0 Å². The zero-order chi connectivity index (χ0) is 19.4. The van der Waals surface area contributed by atoms with Gasteiger partial charge in [-0.2, -0.15) is 0 Å². The third-order valence-corrected chi connectivity index (χ3v) is 6.19. The molecule has 5 rings (SSSR count). The zero-order valence-electron chi connectivity index (χ0n) is 16.0. The van der Waals surface area contributed by atoms with E-state index in [2.05, 4.69) is 33.8 Å². The van der Waals surface area contributed by atoms with Crippen molar-refractivity contribution in [3.8, 4) is 11.3 Å². The molecule has 0 spiro atoms. The van der Waals surface area contributed by atoms with Crippen LogP contribution >= 0.6 is 0 Å². The van der Waals surface area contributed by atoms with E-state index in [0.717, 1.165) is 29.7 Å². The molecule has 0 fully saturated rings. The molecular weight excluding hydrogens is 350 g/mol. The van der Waals surface area contributed by atoms with Crippen LogP contribution in [0, 0.1) is 5.92 Å². The maximum absolute atomic E-state index is 12.3. The molecule has 3 atom stereocenters. The van der Waals surface area contributed by atoms with Crippen molar-refractivity contribution in [1.82, 2.24) is 14.5 Å². The molecule has 0 saturated carbocycles. The molecule has 1 unspecified atom stereocenters. The lowest BCUT2D eigenvalue weighted by Gasteiger charge is -2.35. The fourth-order valence-electron chi connectivity index (χ4n) is 4.85. The number of hydrogen-bond acceptors (Lipinski definition) is 3. The van der Waals surface area contributed by atoms with Gasteiger partial charge in [0.15, 0.2) is 0 Å². The average molecular weight is 373 g/mol. The standard InChI is InChI=1S/C23H23N3O2/c1-25(2)23(28)15-8-9-16-14(11-15)7-10-19(22(16)27)21-18-6-4-3-5-17(18)20-12-24-13-26(20)21/h3-6,8-9,11-13,19,21-22,27H,7,10H2,1-2H3/t19-,21?,22-/m0/s1. The number of imidazole rings is 1. The number of fused-ring (bicyclic) bond motifs is 4. The molecule has 1 aromatic heterocycles. The molecule has 2 heterocycles. The highest BCUT2D eigenvalue weighted by atomic mass is 16.3. The van der Waals surface area contributed by atoms with E-state index < -0.39 is 6.10 Å². The lowest BCUT2D eigenvalue weighted by atomic mass is 9.75. The number of benzene rings is 2. The van der Waals surface area contributed by atoms with Crippen molar-refractivity contribution in [2.24, 2.45) is 5.92 Å². The van der Waals surface area contributed by atoms with E-state index in [1.807, 2.05) is 30.7 Å². The van der Waals surface area contributed by atoms with Crippen LogP contribution in [0.3, 0.4) is 0 Å². The van der Waals surface area contributed by atoms with Crippen molar-refractivity contribution in [3.05, 3.63) is 77.2 Å². The normalized spacial score (nSPS) is 22.3. The second-order valence-electron chi connectivity index (χ2n) is 7.98. The van der Waals surface area contributed by atoms with Gasteiger partial charge in [-0.15, -0.1) is 0 Å². The largest absolute Gasteiger partial charge is 0.388 e. The van der Waals surface area contributed by atoms with Gasteiger partial charge in [0.25, 0.3) is 5.91 Å². The average Bonchev–Trinajstić information content (AvgIpc) is 3.29. The highest BCUT2D eigenvalue weighted by molar-refractivity contribution is 5.94. The highest BCUT2D eigenvalue weighted by Crippen LogP contribution is 2.49. The van der Waals surface area contributed by atoms with Gasteiger partial charge >= 0.3 is 0 Å². The summed E-state index contributed by atoms with van der Waals surface area (Å²) in [4.78, 5) is 18.2. The Kier molecular flexibility index (Phi) is 3.88. The van der Waals surface area contributed by atoms with Gasteiger partial charge in [0, 0.05) is 31.1 Å². The first kappa shape index (κ1) is 17.2. The molecule has 142 valence electrons. The monoisotopic (exact) mass is 373 g/mol. The Morgan fingerprint density at radius 1 is 1.18 bits per heavy atom. The number of aliphatic hydroxyl groups excluding tert-OH is 1. The summed E-state index contributed by atoms with van der Waals surface area (Å²) >= 11 is 0. The molecular formula is C23H23N3O2. The third kappa shape index (κ3) is 2.43. The van der Waals surface area contributed by atoms with Gasteiger partial charge in [-0.1, -0.05) is 30.3 Å². The van der Waals surface area contributed by atoms with Crippen LogP contribution in [0.5, 0.6) is 0 Å². The molecule has 1 aliphatic carbocycles. The Morgan fingerprint density at radius 2 is 2.00 bits per heavy atom. The summed E-state index contributed by atoms with van der Waals surface area (Å²) in [5.41, 5.74) is 6.27. The molecule has 5 heteroatoms. The van der Waals surface area contributed by atoms with E-state index in [-0.39, 0.29) is 17.9 Å². The summed E-state index contributed by atoms with van der Waals surface area (Å²) in [6, 6.07) is 14.2. The van der Waals surface area contributed by atoms with Crippen LogP contribution in [0.4, 0.5) is 0 Å². The highest BCUT2D eigenvalue weighted by Gasteiger charge is 2.40. The number of hydrogen-bond donors (Lipinski definition) is 1. The summed E-state index contributed by atoms with van der Waals surface area (Å²) in [5.74, 6) is 0.0618. The minimum absolute atomic E-state index is 0.00723. The second-order valence-corrected chi connectivity index (χ2v) is 7.98. The Hall–Kier alpha value is -2.92. The van der Waals surface area contributed by atoms with E-state index in [1.165, 1.54) is 11.1 Å². The fourth-order valence-corrected chi connectivity index (χ4v) is 4.85. The van der Waals surface area contributed by atoms with Crippen LogP contribution in [-0.4, -0.2) is 39.6 Å². The van der Waals surface area contributed by atoms with Gasteiger partial charge in [0.05, 0.1) is 30.4 Å². The van der Waals surface area contributed by atoms with Crippen LogP contribution < -0.4 is 0 Å². The molecule has 1 N–H and O–H groups in total. The summed E-state index contributed by atoms with van der Waals surface area (Å²) in [6.45, 7) is 0. The van der Waals surface area contributed by atoms with Gasteiger partial charge in [0.2, 0.25) is 0 Å². The predicted molar refractivity (Wildman–Crippen MR) is 107 cm³/mol. The van der Waals surface area contributed by atoms with Gasteiger partial charge in [0.1, 0.15) is 0 Å². The lowest BCUT2D eigenvalue weighted by Crippen LogP contribution is -2.29. The quantitative estimate of drug-likeness (QED) is 0.748. The number of amides is 1.